The van der Waals surface area contributed by atoms with Crippen molar-refractivity contribution in [3.05, 3.63) is 47.9 Å². The first-order valence-electron chi connectivity index (χ1n) is 4.70. The smallest absolute Gasteiger partial charge is 0.153 e. The van der Waals surface area contributed by atoms with Gasteiger partial charge in [0, 0.05) is 18.3 Å². The molecule has 0 saturated heterocycles. The first-order valence-corrected chi connectivity index (χ1v) is 4.70. The molecule has 0 aliphatic rings. The Morgan fingerprint density at radius 2 is 1.76 bits per heavy atom. The summed E-state index contributed by atoms with van der Waals surface area (Å²) < 4.78 is 39.3. The first-order chi connectivity index (χ1) is 8.08. The summed E-state index contributed by atoms with van der Waals surface area (Å²) in [5.41, 5.74) is 5.30. The van der Waals surface area contributed by atoms with Crippen molar-refractivity contribution in [2.24, 2.45) is 0 Å². The van der Waals surface area contributed by atoms with E-state index < -0.39 is 23.1 Å². The van der Waals surface area contributed by atoms with E-state index in [4.69, 9.17) is 5.73 Å². The number of hydrogen-bond acceptors (Lipinski definition) is 3. The van der Waals surface area contributed by atoms with Crippen LogP contribution in [0.5, 0.6) is 0 Å². The van der Waals surface area contributed by atoms with E-state index in [1.807, 2.05) is 0 Å². The second kappa shape index (κ2) is 4.32. The van der Waals surface area contributed by atoms with E-state index in [1.165, 1.54) is 12.3 Å². The van der Waals surface area contributed by atoms with E-state index >= 15 is 0 Å². The van der Waals surface area contributed by atoms with E-state index in [-0.39, 0.29) is 11.5 Å². The number of rotatable bonds is 2. The van der Waals surface area contributed by atoms with E-state index in [0.717, 1.165) is 0 Å². The lowest BCUT2D eigenvalue weighted by Gasteiger charge is -2.09. The lowest BCUT2D eigenvalue weighted by Crippen LogP contribution is -2.03. The third kappa shape index (κ3) is 2.30. The molecule has 17 heavy (non-hydrogen) atoms. The van der Waals surface area contributed by atoms with Gasteiger partial charge in [-0.3, -0.25) is 0 Å². The second-order valence-electron chi connectivity index (χ2n) is 3.31. The number of nitrogens with one attached hydrogen (secondary N) is 1. The number of halogens is 3. The summed E-state index contributed by atoms with van der Waals surface area (Å²) in [6, 6.07) is 4.25. The van der Waals surface area contributed by atoms with E-state index in [2.05, 4.69) is 10.3 Å². The Hall–Kier alpha value is -2.24. The number of nitrogens with zero attached hydrogens (tertiary/aromatic N) is 1. The Balaban J connectivity index is 2.40. The zero-order valence-corrected chi connectivity index (χ0v) is 8.55. The minimum atomic E-state index is -1.05. The minimum absolute atomic E-state index is 0.108. The molecule has 0 aliphatic heterocycles. The van der Waals surface area contributed by atoms with Gasteiger partial charge >= 0.3 is 0 Å². The van der Waals surface area contributed by atoms with Crippen LogP contribution >= 0.6 is 0 Å². The summed E-state index contributed by atoms with van der Waals surface area (Å²) in [6.07, 6.45) is 1.41. The number of benzene rings is 1. The van der Waals surface area contributed by atoms with Gasteiger partial charge in [-0.15, -0.1) is 0 Å². The van der Waals surface area contributed by atoms with Crippen molar-refractivity contribution in [2.45, 2.75) is 0 Å². The van der Waals surface area contributed by atoms with Gasteiger partial charge in [0.25, 0.3) is 0 Å². The maximum absolute atomic E-state index is 13.3. The van der Waals surface area contributed by atoms with Crippen molar-refractivity contribution in [1.29, 1.82) is 0 Å². The largest absolute Gasteiger partial charge is 0.396 e. The van der Waals surface area contributed by atoms with E-state index in [1.54, 1.807) is 6.07 Å². The Kier molecular flexibility index (Phi) is 2.86. The predicted octanol–water partition coefficient (Wildman–Crippen LogP) is 2.82. The van der Waals surface area contributed by atoms with Crippen LogP contribution in [0.3, 0.4) is 0 Å². The maximum atomic E-state index is 13.3. The third-order valence-corrected chi connectivity index (χ3v) is 2.09. The van der Waals surface area contributed by atoms with Gasteiger partial charge in [0.2, 0.25) is 0 Å². The molecule has 6 heteroatoms. The van der Waals surface area contributed by atoms with Gasteiger partial charge in [-0.05, 0) is 12.1 Å². The highest BCUT2D eigenvalue weighted by atomic mass is 19.1. The number of pyridine rings is 1. The maximum Gasteiger partial charge on any atom is 0.153 e. The van der Waals surface area contributed by atoms with Crippen LogP contribution < -0.4 is 11.1 Å². The molecule has 0 unspecified atom stereocenters. The third-order valence-electron chi connectivity index (χ3n) is 2.09. The number of nitrogen functional groups attached to an aromatic ring is 1. The lowest BCUT2D eigenvalue weighted by molar-refractivity contribution is 0.549. The van der Waals surface area contributed by atoms with Crippen LogP contribution in [0.15, 0.2) is 30.5 Å². The normalized spacial score (nSPS) is 10.3. The quantitative estimate of drug-likeness (QED) is 0.847. The van der Waals surface area contributed by atoms with Gasteiger partial charge in [0.1, 0.15) is 11.5 Å². The number of hydrogen-bond donors (Lipinski definition) is 2. The van der Waals surface area contributed by atoms with Crippen molar-refractivity contribution in [2.75, 3.05) is 11.1 Å². The average Bonchev–Trinajstić information content (AvgIpc) is 2.25. The van der Waals surface area contributed by atoms with Crippen molar-refractivity contribution in [3.63, 3.8) is 0 Å². The highest BCUT2D eigenvalue weighted by Crippen LogP contribution is 2.25. The van der Waals surface area contributed by atoms with Crippen LogP contribution in [0.25, 0.3) is 0 Å². The molecule has 1 heterocycles. The van der Waals surface area contributed by atoms with Gasteiger partial charge in [0.15, 0.2) is 17.5 Å². The molecule has 0 radical (unpaired) electrons. The fourth-order valence-electron chi connectivity index (χ4n) is 1.30. The molecule has 2 rings (SSSR count). The van der Waals surface area contributed by atoms with Crippen LogP contribution in [-0.4, -0.2) is 4.98 Å². The van der Waals surface area contributed by atoms with Crippen molar-refractivity contribution in [3.8, 4) is 0 Å². The van der Waals surface area contributed by atoms with Gasteiger partial charge in [-0.25, -0.2) is 18.2 Å². The molecule has 2 aromatic rings. The van der Waals surface area contributed by atoms with Gasteiger partial charge < -0.3 is 11.1 Å². The molecule has 88 valence electrons. The summed E-state index contributed by atoms with van der Waals surface area (Å²) in [6.45, 7) is 0. The summed E-state index contributed by atoms with van der Waals surface area (Å²) >= 11 is 0. The van der Waals surface area contributed by atoms with E-state index in [0.29, 0.717) is 12.1 Å². The topological polar surface area (TPSA) is 50.9 Å². The minimum Gasteiger partial charge on any atom is -0.396 e. The highest BCUT2D eigenvalue weighted by Gasteiger charge is 2.12. The Morgan fingerprint density at radius 1 is 1.12 bits per heavy atom. The number of anilines is 3. The summed E-state index contributed by atoms with van der Waals surface area (Å²) in [5.74, 6) is -2.98. The molecule has 1 aromatic carbocycles. The lowest BCUT2D eigenvalue weighted by atomic mass is 10.2. The first kappa shape index (κ1) is 11.3. The number of aromatic nitrogens is 1. The summed E-state index contributed by atoms with van der Waals surface area (Å²) in [4.78, 5) is 3.82. The predicted molar refractivity (Wildman–Crippen MR) is 58.2 cm³/mol. The molecule has 0 amide bonds. The zero-order chi connectivity index (χ0) is 12.4. The Labute approximate surface area is 95.1 Å². The van der Waals surface area contributed by atoms with Crippen molar-refractivity contribution >= 4 is 17.2 Å². The summed E-state index contributed by atoms with van der Waals surface area (Å²) in [7, 11) is 0. The Morgan fingerprint density at radius 3 is 2.35 bits per heavy atom. The molecule has 0 saturated carbocycles. The average molecular weight is 239 g/mol. The van der Waals surface area contributed by atoms with Crippen LogP contribution in [0, 0.1) is 17.5 Å². The van der Waals surface area contributed by atoms with Crippen molar-refractivity contribution in [1.82, 2.24) is 4.98 Å². The van der Waals surface area contributed by atoms with Gasteiger partial charge in [0.05, 0.1) is 5.69 Å². The van der Waals surface area contributed by atoms with Crippen LogP contribution in [0.4, 0.5) is 30.4 Å². The second-order valence-corrected chi connectivity index (χ2v) is 3.31. The van der Waals surface area contributed by atoms with Gasteiger partial charge in [-0.2, -0.15) is 0 Å². The van der Waals surface area contributed by atoms with Gasteiger partial charge in [-0.1, -0.05) is 0 Å². The fourth-order valence-corrected chi connectivity index (χ4v) is 1.30. The number of nitrogens with two attached hydrogens (primary N) is 1. The molecule has 0 atom stereocenters. The van der Waals surface area contributed by atoms with Crippen LogP contribution in [0.1, 0.15) is 0 Å². The molecule has 0 fully saturated rings. The zero-order valence-electron chi connectivity index (χ0n) is 8.55. The Bertz CT molecular complexity index is 534. The molecular weight excluding hydrogens is 231 g/mol. The van der Waals surface area contributed by atoms with E-state index in [9.17, 15) is 13.2 Å². The molecule has 3 nitrogen and oxygen atoms in total. The standard InChI is InChI=1S/C11H8F3N3/c12-6-4-7(13)10(8(14)5-6)17-11-9(15)2-1-3-16-11/h1-5H,15H2,(H,16,17). The SMILES string of the molecule is Nc1cccnc1Nc1c(F)cc(F)cc1F. The molecule has 0 aliphatic carbocycles. The molecular formula is C11H8F3N3. The summed E-state index contributed by atoms with van der Waals surface area (Å²) in [5, 5.41) is 2.38. The fraction of sp³-hybridized carbons (Fsp3) is 0. The monoisotopic (exact) mass is 239 g/mol. The van der Waals surface area contributed by atoms with Crippen LogP contribution in [0.2, 0.25) is 0 Å². The highest BCUT2D eigenvalue weighted by molar-refractivity contribution is 5.68. The molecule has 0 bridgehead atoms. The molecule has 0 spiro atoms. The van der Waals surface area contributed by atoms with Crippen molar-refractivity contribution < 1.29 is 13.2 Å². The molecule has 1 aromatic heterocycles. The van der Waals surface area contributed by atoms with Crippen LogP contribution in [-0.2, 0) is 0 Å². The molecule has 3 N–H and O–H groups in total.